The van der Waals surface area contributed by atoms with Gasteiger partial charge in [-0.25, -0.2) is 9.69 Å². The van der Waals surface area contributed by atoms with E-state index in [9.17, 15) is 24.5 Å². The van der Waals surface area contributed by atoms with Gasteiger partial charge in [-0.2, -0.15) is 0 Å². The molecule has 4 amide bonds. The highest BCUT2D eigenvalue weighted by Crippen LogP contribution is 2.39. The monoisotopic (exact) mass is 615 g/mol. The number of hydrogen-bond acceptors (Lipinski definition) is 7. The predicted octanol–water partition coefficient (Wildman–Crippen LogP) is 6.15. The average Bonchev–Trinajstić information content (AvgIpc) is 2.95. The molecule has 1 aliphatic rings. The third-order valence-electron chi connectivity index (χ3n) is 6.32. The molecular weight excluding hydrogens is 594 g/mol. The number of nitrogens with zero attached hydrogens (tertiary/aromatic N) is 2. The molecule has 1 heterocycles. The third kappa shape index (κ3) is 5.66. The molecule has 0 unspecified atom stereocenters. The topological polar surface area (TPSA) is 128 Å². The number of anilines is 1. The lowest BCUT2D eigenvalue weighted by atomic mass is 10.1. The highest BCUT2D eigenvalue weighted by atomic mass is 79.9. The molecular formula is C30H22BrN3O7. The predicted molar refractivity (Wildman–Crippen MR) is 156 cm³/mol. The Labute approximate surface area is 242 Å². The van der Waals surface area contributed by atoms with Crippen LogP contribution < -0.4 is 19.7 Å². The van der Waals surface area contributed by atoms with Gasteiger partial charge in [-0.15, -0.1) is 0 Å². The Morgan fingerprint density at radius 2 is 1.71 bits per heavy atom. The largest absolute Gasteiger partial charge is 0.490 e. The summed E-state index contributed by atoms with van der Waals surface area (Å²) in [6.45, 7) is 2.42. The summed E-state index contributed by atoms with van der Waals surface area (Å²) in [7, 11) is 0. The van der Waals surface area contributed by atoms with E-state index < -0.39 is 22.8 Å². The Bertz CT molecular complexity index is 1730. The van der Waals surface area contributed by atoms with Gasteiger partial charge in [-0.3, -0.25) is 25.0 Å². The number of ether oxygens (including phenoxy) is 2. The normalized spacial score (nSPS) is 14.3. The number of rotatable bonds is 8. The highest BCUT2D eigenvalue weighted by Gasteiger charge is 2.37. The minimum atomic E-state index is -0.959. The number of fused-ring (bicyclic) bond motifs is 1. The van der Waals surface area contributed by atoms with Gasteiger partial charge >= 0.3 is 6.03 Å². The lowest BCUT2D eigenvalue weighted by Gasteiger charge is -2.26. The van der Waals surface area contributed by atoms with Crippen LogP contribution in [0.15, 0.2) is 88.9 Å². The summed E-state index contributed by atoms with van der Waals surface area (Å²) < 4.78 is 12.5. The first-order valence-corrected chi connectivity index (χ1v) is 13.3. The first-order chi connectivity index (χ1) is 19.8. The third-order valence-corrected chi connectivity index (χ3v) is 6.90. The number of halogens is 1. The number of barbiturate groups is 1. The lowest BCUT2D eigenvalue weighted by Crippen LogP contribution is -2.54. The number of benzene rings is 4. The first-order valence-electron chi connectivity index (χ1n) is 12.5. The Hall–Kier alpha value is -5.03. The zero-order valence-electron chi connectivity index (χ0n) is 21.6. The number of imide groups is 2. The van der Waals surface area contributed by atoms with Crippen molar-refractivity contribution in [2.75, 3.05) is 11.5 Å². The summed E-state index contributed by atoms with van der Waals surface area (Å²) >= 11 is 3.52. The van der Waals surface area contributed by atoms with E-state index in [0.717, 1.165) is 33.4 Å². The van der Waals surface area contributed by atoms with Crippen LogP contribution in [0.5, 0.6) is 11.5 Å². The van der Waals surface area contributed by atoms with E-state index in [1.165, 1.54) is 18.2 Å². The van der Waals surface area contributed by atoms with Gasteiger partial charge < -0.3 is 9.47 Å². The number of urea groups is 1. The molecule has 10 nitrogen and oxygen atoms in total. The fraction of sp³-hybridized carbons (Fsp3) is 0.100. The number of non-ortho nitro benzene ring substituents is 1. The van der Waals surface area contributed by atoms with E-state index in [-0.39, 0.29) is 23.6 Å². The Balaban J connectivity index is 1.45. The second-order valence-electron chi connectivity index (χ2n) is 8.92. The van der Waals surface area contributed by atoms with E-state index in [2.05, 4.69) is 21.2 Å². The molecule has 41 heavy (non-hydrogen) atoms. The van der Waals surface area contributed by atoms with Crippen molar-refractivity contribution < 1.29 is 28.8 Å². The number of carbonyl (C=O) groups excluding carboxylic acids is 3. The molecule has 0 aromatic heterocycles. The van der Waals surface area contributed by atoms with Gasteiger partial charge in [0.05, 0.1) is 21.7 Å². The van der Waals surface area contributed by atoms with Gasteiger partial charge in [0.25, 0.3) is 17.5 Å². The maximum Gasteiger partial charge on any atom is 0.335 e. The molecule has 1 fully saturated rings. The maximum atomic E-state index is 13.3. The van der Waals surface area contributed by atoms with Crippen molar-refractivity contribution in [1.29, 1.82) is 0 Å². The summed E-state index contributed by atoms with van der Waals surface area (Å²) in [6.07, 6.45) is 1.34. The number of nitro groups is 1. The Morgan fingerprint density at radius 1 is 0.976 bits per heavy atom. The summed E-state index contributed by atoms with van der Waals surface area (Å²) in [6, 6.07) is 21.2. The molecule has 1 N–H and O–H groups in total. The van der Waals surface area contributed by atoms with E-state index in [1.54, 1.807) is 12.1 Å². The number of nitro benzene ring substituents is 1. The van der Waals surface area contributed by atoms with Gasteiger partial charge in [0, 0.05) is 12.1 Å². The molecule has 0 spiro atoms. The molecule has 206 valence electrons. The smallest absolute Gasteiger partial charge is 0.335 e. The van der Waals surface area contributed by atoms with Crippen LogP contribution in [0.4, 0.5) is 16.2 Å². The summed E-state index contributed by atoms with van der Waals surface area (Å²) in [4.78, 5) is 49.6. The van der Waals surface area contributed by atoms with E-state index in [0.29, 0.717) is 28.1 Å². The van der Waals surface area contributed by atoms with Crippen LogP contribution in [0, 0.1) is 10.1 Å². The molecule has 1 aliphatic heterocycles. The van der Waals surface area contributed by atoms with Crippen molar-refractivity contribution in [3.63, 3.8) is 0 Å². The van der Waals surface area contributed by atoms with Gasteiger partial charge in [0.15, 0.2) is 11.5 Å². The number of nitrogens with one attached hydrogen (secondary N) is 1. The molecule has 0 bridgehead atoms. The van der Waals surface area contributed by atoms with Crippen molar-refractivity contribution in [2.45, 2.75) is 13.5 Å². The molecule has 0 aliphatic carbocycles. The van der Waals surface area contributed by atoms with E-state index in [1.807, 2.05) is 49.4 Å². The van der Waals surface area contributed by atoms with Crippen LogP contribution in [-0.2, 0) is 16.2 Å². The minimum absolute atomic E-state index is 0.0740. The number of amides is 4. The second kappa shape index (κ2) is 11.6. The number of hydrogen-bond donors (Lipinski definition) is 1. The zero-order valence-corrected chi connectivity index (χ0v) is 23.2. The van der Waals surface area contributed by atoms with Crippen molar-refractivity contribution in [3.8, 4) is 11.5 Å². The van der Waals surface area contributed by atoms with Gasteiger partial charge in [-0.05, 0) is 75.1 Å². The molecule has 4 aromatic carbocycles. The van der Waals surface area contributed by atoms with E-state index in [4.69, 9.17) is 9.47 Å². The maximum absolute atomic E-state index is 13.3. The quantitative estimate of drug-likeness (QED) is 0.109. The van der Waals surface area contributed by atoms with Crippen molar-refractivity contribution in [2.24, 2.45) is 0 Å². The standard InChI is InChI=1S/C30H22BrN3O7/c1-2-40-26-16-18(15-25(31)27(26)41-17-20-8-5-7-19-6-3-4-9-23(19)20)14-24-28(35)32-30(37)33(29(24)36)21-10-12-22(13-11-21)34(38)39/h3-16H,2,17H2,1H3,(H,32,35,37)/b24-14+. The van der Waals surface area contributed by atoms with E-state index >= 15 is 0 Å². The Kier molecular flexibility index (Phi) is 7.79. The van der Waals surface area contributed by atoms with Crippen LogP contribution in [0.2, 0.25) is 0 Å². The summed E-state index contributed by atoms with van der Waals surface area (Å²) in [5.41, 5.74) is 0.992. The molecule has 0 atom stereocenters. The fourth-order valence-electron chi connectivity index (χ4n) is 4.42. The molecule has 1 saturated heterocycles. The van der Waals surface area contributed by atoms with Crippen molar-refractivity contribution in [3.05, 3.63) is 110 Å². The minimum Gasteiger partial charge on any atom is -0.490 e. The van der Waals surface area contributed by atoms with Crippen molar-refractivity contribution >= 4 is 62.0 Å². The van der Waals surface area contributed by atoms with Gasteiger partial charge in [-0.1, -0.05) is 42.5 Å². The SMILES string of the molecule is CCOc1cc(/C=C2\C(=O)NC(=O)N(c3ccc([N+](=O)[O-])cc3)C2=O)cc(Br)c1OCc1cccc2ccccc12. The molecule has 11 heteroatoms. The van der Waals surface area contributed by atoms with Gasteiger partial charge in [0.1, 0.15) is 12.2 Å². The molecule has 0 saturated carbocycles. The summed E-state index contributed by atoms with van der Waals surface area (Å²) in [5.74, 6) is -0.911. The van der Waals surface area contributed by atoms with Crippen LogP contribution in [0.25, 0.3) is 16.8 Å². The first kappa shape index (κ1) is 27.5. The highest BCUT2D eigenvalue weighted by molar-refractivity contribution is 9.10. The van der Waals surface area contributed by atoms with Crippen molar-refractivity contribution in [1.82, 2.24) is 5.32 Å². The Morgan fingerprint density at radius 3 is 2.44 bits per heavy atom. The lowest BCUT2D eigenvalue weighted by molar-refractivity contribution is -0.384. The summed E-state index contributed by atoms with van der Waals surface area (Å²) in [5, 5.41) is 15.3. The molecule has 0 radical (unpaired) electrons. The van der Waals surface area contributed by atoms with Gasteiger partial charge in [0.2, 0.25) is 0 Å². The van der Waals surface area contributed by atoms with Crippen LogP contribution in [0.1, 0.15) is 18.1 Å². The number of carbonyl (C=O) groups is 3. The van der Waals surface area contributed by atoms with Crippen LogP contribution in [-0.4, -0.2) is 29.4 Å². The average molecular weight is 616 g/mol. The molecule has 4 aromatic rings. The van der Waals surface area contributed by atoms with Crippen LogP contribution in [0.3, 0.4) is 0 Å². The molecule has 5 rings (SSSR count). The second-order valence-corrected chi connectivity index (χ2v) is 9.78. The van der Waals surface area contributed by atoms with Crippen LogP contribution >= 0.6 is 15.9 Å². The zero-order chi connectivity index (χ0) is 29.1. The fourth-order valence-corrected chi connectivity index (χ4v) is 5.00.